The molecule has 2 heterocycles. The molecule has 0 bridgehead atoms. The highest BCUT2D eigenvalue weighted by atomic mass is 35.5. The molecule has 1 aromatic heterocycles. The minimum Gasteiger partial charge on any atom is -0.388 e. The summed E-state index contributed by atoms with van der Waals surface area (Å²) in [4.78, 5) is 22.1. The van der Waals surface area contributed by atoms with Crippen molar-refractivity contribution in [3.05, 3.63) is 44.8 Å². The molecule has 6 nitrogen and oxygen atoms in total. The van der Waals surface area contributed by atoms with E-state index in [9.17, 15) is 9.90 Å². The number of nitrogens with one attached hydrogen (secondary N) is 1. The van der Waals surface area contributed by atoms with Gasteiger partial charge in [0.1, 0.15) is 0 Å². The average molecular weight is 401 g/mol. The second-order valence-electron chi connectivity index (χ2n) is 5.97. The smallest absolute Gasteiger partial charge is 0.291 e. The van der Waals surface area contributed by atoms with E-state index in [-0.39, 0.29) is 12.1 Å². The molecule has 9 heteroatoms. The second kappa shape index (κ2) is 7.55. The Labute approximate surface area is 159 Å². The Morgan fingerprint density at radius 1 is 1.36 bits per heavy atom. The highest BCUT2D eigenvalue weighted by Gasteiger charge is 2.32. The number of benzene rings is 1. The van der Waals surface area contributed by atoms with Gasteiger partial charge in [0.2, 0.25) is 0 Å². The molecular formula is C16H18Cl2N4O2S. The largest absolute Gasteiger partial charge is 0.388 e. The zero-order valence-electron chi connectivity index (χ0n) is 13.3. The number of aliphatic hydroxyl groups is 1. The van der Waals surface area contributed by atoms with Crippen LogP contribution in [0.2, 0.25) is 10.0 Å². The maximum atomic E-state index is 12.4. The highest BCUT2D eigenvalue weighted by Crippen LogP contribution is 2.36. The first-order valence-electron chi connectivity index (χ1n) is 7.80. The van der Waals surface area contributed by atoms with Crippen LogP contribution in [0.1, 0.15) is 12.8 Å². The zero-order valence-corrected chi connectivity index (χ0v) is 15.7. The van der Waals surface area contributed by atoms with Crippen LogP contribution < -0.4 is 16.2 Å². The Bertz CT molecular complexity index is 822. The molecule has 1 saturated heterocycles. The number of aromatic amines is 1. The molecule has 25 heavy (non-hydrogen) atoms. The van der Waals surface area contributed by atoms with Crippen molar-refractivity contribution in [3.63, 3.8) is 0 Å². The van der Waals surface area contributed by atoms with E-state index in [4.69, 9.17) is 28.9 Å². The van der Waals surface area contributed by atoms with Gasteiger partial charge in [-0.15, -0.1) is 0 Å². The molecule has 2 aromatic rings. The number of halogens is 2. The van der Waals surface area contributed by atoms with Gasteiger partial charge in [-0.25, -0.2) is 4.98 Å². The number of nitrogens with zero attached hydrogens (tertiary/aromatic N) is 2. The molecule has 134 valence electrons. The van der Waals surface area contributed by atoms with Gasteiger partial charge in [-0.3, -0.25) is 4.79 Å². The van der Waals surface area contributed by atoms with Crippen LogP contribution in [0.3, 0.4) is 0 Å². The van der Waals surface area contributed by atoms with E-state index in [1.807, 2.05) is 11.0 Å². The molecule has 0 unspecified atom stereocenters. The quantitative estimate of drug-likeness (QED) is 0.729. The first kappa shape index (κ1) is 18.5. The van der Waals surface area contributed by atoms with Crippen LogP contribution in [0.15, 0.2) is 39.1 Å². The lowest BCUT2D eigenvalue weighted by molar-refractivity contribution is 0.0248. The van der Waals surface area contributed by atoms with E-state index in [1.54, 1.807) is 18.3 Å². The molecular weight excluding hydrogens is 383 g/mol. The van der Waals surface area contributed by atoms with Crippen LogP contribution >= 0.6 is 35.0 Å². The third-order valence-corrected chi connectivity index (χ3v) is 6.17. The molecule has 0 spiro atoms. The molecule has 0 saturated carbocycles. The monoisotopic (exact) mass is 400 g/mol. The summed E-state index contributed by atoms with van der Waals surface area (Å²) >= 11 is 13.5. The number of rotatable bonds is 4. The summed E-state index contributed by atoms with van der Waals surface area (Å²) in [5.74, 6) is 0.348. The van der Waals surface area contributed by atoms with Crippen LogP contribution in [0.4, 0.5) is 5.82 Å². The van der Waals surface area contributed by atoms with Crippen molar-refractivity contribution >= 4 is 40.8 Å². The van der Waals surface area contributed by atoms with Gasteiger partial charge in [0.25, 0.3) is 5.56 Å². The number of hydrogen-bond donors (Lipinski definition) is 3. The molecule has 4 N–H and O–H groups in total. The number of hydrogen-bond acceptors (Lipinski definition) is 6. The van der Waals surface area contributed by atoms with Crippen molar-refractivity contribution in [1.29, 1.82) is 0 Å². The van der Waals surface area contributed by atoms with Crippen molar-refractivity contribution in [2.75, 3.05) is 24.5 Å². The van der Waals surface area contributed by atoms with Gasteiger partial charge in [-0.05, 0) is 25.0 Å². The Hall–Kier alpha value is -1.25. The van der Waals surface area contributed by atoms with Gasteiger partial charge in [0.15, 0.2) is 5.82 Å². The fraction of sp³-hybridized carbons (Fsp3) is 0.375. The Balaban J connectivity index is 1.76. The van der Waals surface area contributed by atoms with E-state index in [1.165, 1.54) is 11.8 Å². The molecule has 1 fully saturated rings. The van der Waals surface area contributed by atoms with Gasteiger partial charge >= 0.3 is 0 Å². The van der Waals surface area contributed by atoms with E-state index in [0.29, 0.717) is 46.8 Å². The molecule has 0 amide bonds. The maximum absolute atomic E-state index is 12.4. The van der Waals surface area contributed by atoms with Crippen molar-refractivity contribution in [1.82, 2.24) is 9.97 Å². The maximum Gasteiger partial charge on any atom is 0.291 e. The van der Waals surface area contributed by atoms with E-state index >= 15 is 0 Å². The summed E-state index contributed by atoms with van der Waals surface area (Å²) in [5.41, 5.74) is 4.47. The van der Waals surface area contributed by atoms with Gasteiger partial charge in [0.05, 0.1) is 26.9 Å². The molecule has 1 aliphatic heterocycles. The van der Waals surface area contributed by atoms with Gasteiger partial charge in [-0.2, -0.15) is 0 Å². The molecule has 1 aromatic carbocycles. The van der Waals surface area contributed by atoms with Crippen LogP contribution in [-0.4, -0.2) is 40.3 Å². The normalized spacial score (nSPS) is 16.9. The fourth-order valence-electron chi connectivity index (χ4n) is 2.68. The first-order valence-corrected chi connectivity index (χ1v) is 9.38. The average Bonchev–Trinajstić information content (AvgIpc) is 2.60. The van der Waals surface area contributed by atoms with Crippen molar-refractivity contribution in [3.8, 4) is 0 Å². The molecule has 0 aliphatic carbocycles. The lowest BCUT2D eigenvalue weighted by Crippen LogP contribution is -2.49. The molecule has 1 aliphatic rings. The minimum atomic E-state index is -0.845. The van der Waals surface area contributed by atoms with E-state index in [0.717, 1.165) is 4.90 Å². The predicted molar refractivity (Wildman–Crippen MR) is 101 cm³/mol. The van der Waals surface area contributed by atoms with E-state index < -0.39 is 5.60 Å². The number of aromatic nitrogens is 2. The Morgan fingerprint density at radius 3 is 2.72 bits per heavy atom. The standard InChI is InChI=1S/C16H18Cl2N4O2S/c17-10-2-1-3-11(13(10)18)25-12-8-20-14(15(23)21-12)22-6-4-16(24,9-19)5-7-22/h1-3,8,24H,4-7,9,19H2,(H,21,23). The Morgan fingerprint density at radius 2 is 2.08 bits per heavy atom. The van der Waals surface area contributed by atoms with Gasteiger partial charge in [-0.1, -0.05) is 41.0 Å². The van der Waals surface area contributed by atoms with Crippen LogP contribution in [0.5, 0.6) is 0 Å². The Kier molecular flexibility index (Phi) is 5.60. The summed E-state index contributed by atoms with van der Waals surface area (Å²) in [6.45, 7) is 1.30. The summed E-state index contributed by atoms with van der Waals surface area (Å²) in [5, 5.41) is 11.7. The molecule has 3 rings (SSSR count). The number of anilines is 1. The third-order valence-electron chi connectivity index (χ3n) is 4.25. The summed E-state index contributed by atoms with van der Waals surface area (Å²) in [7, 11) is 0. The number of H-pyrrole nitrogens is 1. The van der Waals surface area contributed by atoms with Crippen molar-refractivity contribution < 1.29 is 5.11 Å². The van der Waals surface area contributed by atoms with Crippen LogP contribution in [0.25, 0.3) is 0 Å². The first-order chi connectivity index (χ1) is 11.9. The van der Waals surface area contributed by atoms with E-state index in [2.05, 4.69) is 9.97 Å². The van der Waals surface area contributed by atoms with Crippen molar-refractivity contribution in [2.45, 2.75) is 28.4 Å². The van der Waals surface area contributed by atoms with Crippen LogP contribution in [0, 0.1) is 0 Å². The highest BCUT2D eigenvalue weighted by molar-refractivity contribution is 7.99. The molecule has 0 atom stereocenters. The lowest BCUT2D eigenvalue weighted by Gasteiger charge is -2.37. The van der Waals surface area contributed by atoms with Gasteiger partial charge < -0.3 is 20.7 Å². The number of nitrogens with two attached hydrogens (primary N) is 1. The second-order valence-corrected chi connectivity index (χ2v) is 7.84. The third kappa shape index (κ3) is 4.12. The van der Waals surface area contributed by atoms with Crippen molar-refractivity contribution in [2.24, 2.45) is 5.73 Å². The minimum absolute atomic E-state index is 0.223. The lowest BCUT2D eigenvalue weighted by atomic mass is 9.92. The molecule has 0 radical (unpaired) electrons. The number of piperidine rings is 1. The summed E-state index contributed by atoms with van der Waals surface area (Å²) in [6, 6.07) is 5.32. The summed E-state index contributed by atoms with van der Waals surface area (Å²) < 4.78 is 0. The van der Waals surface area contributed by atoms with Gasteiger partial charge in [0, 0.05) is 24.5 Å². The summed E-state index contributed by atoms with van der Waals surface area (Å²) in [6.07, 6.45) is 2.63. The predicted octanol–water partition coefficient (Wildman–Crippen LogP) is 2.52. The topological polar surface area (TPSA) is 95.2 Å². The van der Waals surface area contributed by atoms with Crippen LogP contribution in [-0.2, 0) is 0 Å². The SMILES string of the molecule is NCC1(O)CCN(c2ncc(Sc3cccc(Cl)c3Cl)[nH]c2=O)CC1. The fourth-order valence-corrected chi connectivity index (χ4v) is 3.98. The zero-order chi connectivity index (χ0) is 18.0.